The van der Waals surface area contributed by atoms with E-state index in [1.807, 2.05) is 12.1 Å². The number of fused-ring (bicyclic) bond motifs is 1. The minimum absolute atomic E-state index is 0.203. The van der Waals surface area contributed by atoms with E-state index in [0.29, 0.717) is 13.2 Å². The standard InChI is InChI=1S/C15H17BrN2O2/c16-12-8-11(13(10-17)18-4-1-2-5-18)9-14-15(12)20-7-3-6-19-14/h8-9,13H,1-7H2. The molecule has 1 aromatic rings. The highest BCUT2D eigenvalue weighted by Crippen LogP contribution is 2.40. The normalized spacial score (nSPS) is 20.2. The number of hydrogen-bond acceptors (Lipinski definition) is 4. The number of nitriles is 1. The molecular formula is C15H17BrN2O2. The molecular weight excluding hydrogens is 320 g/mol. The number of likely N-dealkylation sites (tertiary alicyclic amines) is 1. The summed E-state index contributed by atoms with van der Waals surface area (Å²) in [6.45, 7) is 3.30. The first-order valence-corrected chi connectivity index (χ1v) is 7.81. The van der Waals surface area contributed by atoms with Gasteiger partial charge in [0.15, 0.2) is 11.5 Å². The second-order valence-corrected chi connectivity index (χ2v) is 6.01. The minimum atomic E-state index is -0.203. The zero-order valence-corrected chi connectivity index (χ0v) is 12.9. The number of benzene rings is 1. The fraction of sp³-hybridized carbons (Fsp3) is 0.533. The van der Waals surface area contributed by atoms with Crippen LogP contribution in [0.5, 0.6) is 11.5 Å². The summed E-state index contributed by atoms with van der Waals surface area (Å²) in [6.07, 6.45) is 3.22. The molecule has 0 aliphatic carbocycles. The summed E-state index contributed by atoms with van der Waals surface area (Å²) in [5.74, 6) is 1.50. The highest BCUT2D eigenvalue weighted by atomic mass is 79.9. The third-order valence-corrected chi connectivity index (χ3v) is 4.36. The maximum atomic E-state index is 9.51. The van der Waals surface area contributed by atoms with Crippen LogP contribution in [0.15, 0.2) is 16.6 Å². The van der Waals surface area contributed by atoms with Crippen molar-refractivity contribution in [1.82, 2.24) is 4.90 Å². The molecule has 0 saturated carbocycles. The Morgan fingerprint density at radius 1 is 1.15 bits per heavy atom. The van der Waals surface area contributed by atoms with Crippen molar-refractivity contribution in [2.24, 2.45) is 0 Å². The number of halogens is 1. The first-order valence-electron chi connectivity index (χ1n) is 7.02. The summed E-state index contributed by atoms with van der Waals surface area (Å²) < 4.78 is 12.3. The Morgan fingerprint density at radius 2 is 1.90 bits per heavy atom. The van der Waals surface area contributed by atoms with Gasteiger partial charge in [-0.2, -0.15) is 5.26 Å². The molecule has 3 rings (SSSR count). The fourth-order valence-electron chi connectivity index (χ4n) is 2.78. The minimum Gasteiger partial charge on any atom is -0.490 e. The first kappa shape index (κ1) is 13.7. The highest BCUT2D eigenvalue weighted by molar-refractivity contribution is 9.10. The molecule has 1 fully saturated rings. The van der Waals surface area contributed by atoms with Gasteiger partial charge in [0.2, 0.25) is 0 Å². The van der Waals surface area contributed by atoms with Crippen molar-refractivity contribution in [2.75, 3.05) is 26.3 Å². The molecule has 0 bridgehead atoms. The second kappa shape index (κ2) is 6.02. The van der Waals surface area contributed by atoms with Crippen molar-refractivity contribution in [3.8, 4) is 17.6 Å². The molecule has 1 unspecified atom stereocenters. The average Bonchev–Trinajstić information content (AvgIpc) is 2.85. The molecule has 0 amide bonds. The lowest BCUT2D eigenvalue weighted by atomic mass is 10.1. The Bertz CT molecular complexity index is 535. The van der Waals surface area contributed by atoms with E-state index in [1.54, 1.807) is 0 Å². The summed E-state index contributed by atoms with van der Waals surface area (Å²) in [5.41, 5.74) is 0.977. The third-order valence-electron chi connectivity index (χ3n) is 3.77. The van der Waals surface area contributed by atoms with Gasteiger partial charge in [0.25, 0.3) is 0 Å². The van der Waals surface area contributed by atoms with Crippen molar-refractivity contribution in [3.63, 3.8) is 0 Å². The molecule has 2 aliphatic heterocycles. The van der Waals surface area contributed by atoms with E-state index in [0.717, 1.165) is 41.0 Å². The van der Waals surface area contributed by atoms with Crippen molar-refractivity contribution in [3.05, 3.63) is 22.2 Å². The summed E-state index contributed by atoms with van der Waals surface area (Å²) in [5, 5.41) is 9.51. The van der Waals surface area contributed by atoms with Gasteiger partial charge in [-0.05, 0) is 59.6 Å². The van der Waals surface area contributed by atoms with Gasteiger partial charge in [-0.3, -0.25) is 4.90 Å². The van der Waals surface area contributed by atoms with Gasteiger partial charge in [-0.25, -0.2) is 0 Å². The zero-order valence-electron chi connectivity index (χ0n) is 11.3. The monoisotopic (exact) mass is 336 g/mol. The molecule has 20 heavy (non-hydrogen) atoms. The van der Waals surface area contributed by atoms with E-state index < -0.39 is 0 Å². The molecule has 0 aromatic heterocycles. The Labute approximate surface area is 127 Å². The number of rotatable bonds is 2. The SMILES string of the molecule is N#CC(c1cc(Br)c2c(c1)OCCCO2)N1CCCC1. The molecule has 0 spiro atoms. The largest absolute Gasteiger partial charge is 0.490 e. The molecule has 4 nitrogen and oxygen atoms in total. The first-order chi connectivity index (χ1) is 9.79. The van der Waals surface area contributed by atoms with E-state index in [2.05, 4.69) is 26.9 Å². The molecule has 1 saturated heterocycles. The van der Waals surface area contributed by atoms with Gasteiger partial charge in [-0.1, -0.05) is 0 Å². The van der Waals surface area contributed by atoms with Crippen LogP contribution in [-0.4, -0.2) is 31.2 Å². The van der Waals surface area contributed by atoms with Gasteiger partial charge < -0.3 is 9.47 Å². The molecule has 0 N–H and O–H groups in total. The smallest absolute Gasteiger partial charge is 0.175 e. The Hall–Kier alpha value is -1.25. The molecule has 2 heterocycles. The van der Waals surface area contributed by atoms with Crippen molar-refractivity contribution < 1.29 is 9.47 Å². The van der Waals surface area contributed by atoms with Crippen LogP contribution in [-0.2, 0) is 0 Å². The Kier molecular flexibility index (Phi) is 4.13. The zero-order chi connectivity index (χ0) is 13.9. The maximum Gasteiger partial charge on any atom is 0.175 e. The van der Waals surface area contributed by atoms with Gasteiger partial charge in [-0.15, -0.1) is 0 Å². The lowest BCUT2D eigenvalue weighted by molar-refractivity contribution is 0.291. The van der Waals surface area contributed by atoms with Crippen LogP contribution in [0.3, 0.4) is 0 Å². The molecule has 5 heteroatoms. The van der Waals surface area contributed by atoms with Crippen LogP contribution in [0.2, 0.25) is 0 Å². The quantitative estimate of drug-likeness (QED) is 0.831. The molecule has 1 atom stereocenters. The number of ether oxygens (including phenoxy) is 2. The Balaban J connectivity index is 1.95. The summed E-state index contributed by atoms with van der Waals surface area (Å²) in [6, 6.07) is 6.16. The van der Waals surface area contributed by atoms with E-state index in [9.17, 15) is 5.26 Å². The Morgan fingerprint density at radius 3 is 2.65 bits per heavy atom. The summed E-state index contributed by atoms with van der Waals surface area (Å²) in [4.78, 5) is 2.23. The lowest BCUT2D eigenvalue weighted by Gasteiger charge is -2.22. The van der Waals surface area contributed by atoms with Crippen molar-refractivity contribution in [1.29, 1.82) is 5.26 Å². The predicted octanol–water partition coefficient (Wildman–Crippen LogP) is 3.27. The third kappa shape index (κ3) is 2.63. The van der Waals surface area contributed by atoms with Crippen LogP contribution in [0, 0.1) is 11.3 Å². The molecule has 106 valence electrons. The van der Waals surface area contributed by atoms with Gasteiger partial charge in [0, 0.05) is 6.42 Å². The van der Waals surface area contributed by atoms with E-state index >= 15 is 0 Å². The van der Waals surface area contributed by atoms with E-state index in [-0.39, 0.29) is 6.04 Å². The fourth-order valence-corrected chi connectivity index (χ4v) is 3.35. The molecule has 1 aromatic carbocycles. The highest BCUT2D eigenvalue weighted by Gasteiger charge is 2.25. The van der Waals surface area contributed by atoms with Gasteiger partial charge >= 0.3 is 0 Å². The average molecular weight is 337 g/mol. The predicted molar refractivity (Wildman–Crippen MR) is 78.9 cm³/mol. The lowest BCUT2D eigenvalue weighted by Crippen LogP contribution is -2.24. The number of nitrogens with zero attached hydrogens (tertiary/aromatic N) is 2. The van der Waals surface area contributed by atoms with Crippen LogP contribution < -0.4 is 9.47 Å². The van der Waals surface area contributed by atoms with Crippen molar-refractivity contribution in [2.45, 2.75) is 25.3 Å². The number of hydrogen-bond donors (Lipinski definition) is 0. The van der Waals surface area contributed by atoms with Crippen molar-refractivity contribution >= 4 is 15.9 Å². The van der Waals surface area contributed by atoms with Crippen LogP contribution in [0.25, 0.3) is 0 Å². The second-order valence-electron chi connectivity index (χ2n) is 5.16. The molecule has 2 aliphatic rings. The van der Waals surface area contributed by atoms with Crippen LogP contribution >= 0.6 is 15.9 Å². The summed E-state index contributed by atoms with van der Waals surface area (Å²) >= 11 is 3.54. The topological polar surface area (TPSA) is 45.5 Å². The van der Waals surface area contributed by atoms with Crippen LogP contribution in [0.4, 0.5) is 0 Å². The van der Waals surface area contributed by atoms with Gasteiger partial charge in [0.05, 0.1) is 23.8 Å². The summed E-state index contributed by atoms with van der Waals surface area (Å²) in [7, 11) is 0. The van der Waals surface area contributed by atoms with E-state index in [4.69, 9.17) is 9.47 Å². The maximum absolute atomic E-state index is 9.51. The van der Waals surface area contributed by atoms with Gasteiger partial charge in [0.1, 0.15) is 6.04 Å². The van der Waals surface area contributed by atoms with E-state index in [1.165, 1.54) is 12.8 Å². The molecule has 0 radical (unpaired) electrons. The van der Waals surface area contributed by atoms with Crippen LogP contribution in [0.1, 0.15) is 30.9 Å².